The first kappa shape index (κ1) is 12.1. The van der Waals surface area contributed by atoms with Crippen molar-refractivity contribution in [1.82, 2.24) is 0 Å². The minimum Gasteiger partial charge on any atom is -0.329 e. The second kappa shape index (κ2) is 3.90. The molecule has 1 aromatic carbocycles. The second-order valence-corrected chi connectivity index (χ2v) is 6.50. The van der Waals surface area contributed by atoms with E-state index in [0.29, 0.717) is 0 Å². The molecule has 0 saturated carbocycles. The standard InChI is InChI=1S/C10H14FNO2S/c1-10(2,7-12)15(13,14)9-5-3-8(11)4-6-9/h3-6H,7,12H2,1-2H3. The lowest BCUT2D eigenvalue weighted by Gasteiger charge is -2.22. The van der Waals surface area contributed by atoms with Gasteiger partial charge in [-0.3, -0.25) is 0 Å². The molecule has 0 aliphatic heterocycles. The molecule has 0 heterocycles. The molecule has 0 saturated heterocycles. The average molecular weight is 231 g/mol. The number of nitrogens with two attached hydrogens (primary N) is 1. The highest BCUT2D eigenvalue weighted by atomic mass is 32.2. The average Bonchev–Trinajstić information content (AvgIpc) is 2.18. The minimum absolute atomic E-state index is 0.0205. The van der Waals surface area contributed by atoms with Crippen molar-refractivity contribution in [2.45, 2.75) is 23.5 Å². The Hall–Kier alpha value is -0.940. The van der Waals surface area contributed by atoms with Gasteiger partial charge in [0.25, 0.3) is 0 Å². The molecule has 0 radical (unpaired) electrons. The van der Waals surface area contributed by atoms with Gasteiger partial charge in [0.1, 0.15) is 5.82 Å². The van der Waals surface area contributed by atoms with E-state index < -0.39 is 20.4 Å². The van der Waals surface area contributed by atoms with Gasteiger partial charge in [-0.1, -0.05) is 0 Å². The van der Waals surface area contributed by atoms with Crippen molar-refractivity contribution in [3.63, 3.8) is 0 Å². The molecular weight excluding hydrogens is 217 g/mol. The van der Waals surface area contributed by atoms with E-state index in [9.17, 15) is 12.8 Å². The van der Waals surface area contributed by atoms with Gasteiger partial charge < -0.3 is 5.73 Å². The van der Waals surface area contributed by atoms with Crippen molar-refractivity contribution in [3.05, 3.63) is 30.1 Å². The molecule has 0 bridgehead atoms. The molecule has 3 nitrogen and oxygen atoms in total. The first-order chi connectivity index (χ1) is 6.81. The van der Waals surface area contributed by atoms with Crippen LogP contribution in [-0.4, -0.2) is 19.7 Å². The van der Waals surface area contributed by atoms with Crippen LogP contribution in [0.3, 0.4) is 0 Å². The van der Waals surface area contributed by atoms with E-state index in [1.807, 2.05) is 0 Å². The Balaban J connectivity index is 3.24. The number of halogens is 1. The Morgan fingerprint density at radius 1 is 1.27 bits per heavy atom. The third-order valence-corrected chi connectivity index (χ3v) is 4.86. The van der Waals surface area contributed by atoms with Crippen molar-refractivity contribution < 1.29 is 12.8 Å². The highest BCUT2D eigenvalue weighted by Gasteiger charge is 2.34. The SMILES string of the molecule is CC(C)(CN)S(=O)(=O)c1ccc(F)cc1. The van der Waals surface area contributed by atoms with Gasteiger partial charge in [-0.2, -0.15) is 0 Å². The zero-order valence-corrected chi connectivity index (χ0v) is 9.51. The maximum atomic E-state index is 12.6. The molecule has 0 unspecified atom stereocenters. The first-order valence-electron chi connectivity index (χ1n) is 4.51. The minimum atomic E-state index is -3.50. The van der Waals surface area contributed by atoms with Crippen LogP contribution in [0.5, 0.6) is 0 Å². The van der Waals surface area contributed by atoms with Crippen LogP contribution in [0.4, 0.5) is 4.39 Å². The summed E-state index contributed by atoms with van der Waals surface area (Å²) in [7, 11) is -3.50. The third-order valence-electron chi connectivity index (χ3n) is 2.34. The molecule has 84 valence electrons. The molecule has 15 heavy (non-hydrogen) atoms. The highest BCUT2D eigenvalue weighted by Crippen LogP contribution is 2.24. The lowest BCUT2D eigenvalue weighted by Crippen LogP contribution is -2.39. The van der Waals surface area contributed by atoms with Crippen molar-refractivity contribution in [2.24, 2.45) is 5.73 Å². The van der Waals surface area contributed by atoms with Crippen molar-refractivity contribution in [1.29, 1.82) is 0 Å². The summed E-state index contributed by atoms with van der Waals surface area (Å²) in [6.45, 7) is 3.12. The maximum absolute atomic E-state index is 12.6. The van der Waals surface area contributed by atoms with Crippen LogP contribution in [0.1, 0.15) is 13.8 Å². The molecule has 0 aliphatic carbocycles. The summed E-state index contributed by atoms with van der Waals surface area (Å²) in [4.78, 5) is 0.0966. The summed E-state index contributed by atoms with van der Waals surface area (Å²) in [6, 6.07) is 4.75. The van der Waals surface area contributed by atoms with Crippen LogP contribution in [0.15, 0.2) is 29.2 Å². The summed E-state index contributed by atoms with van der Waals surface area (Å²) in [5.41, 5.74) is 5.41. The fourth-order valence-corrected chi connectivity index (χ4v) is 2.39. The molecule has 1 rings (SSSR count). The highest BCUT2D eigenvalue weighted by molar-refractivity contribution is 7.92. The predicted octanol–water partition coefficient (Wildman–Crippen LogP) is 1.34. The number of benzene rings is 1. The van der Waals surface area contributed by atoms with Gasteiger partial charge in [-0.05, 0) is 38.1 Å². The van der Waals surface area contributed by atoms with Gasteiger partial charge in [0.05, 0.1) is 9.64 Å². The second-order valence-electron chi connectivity index (χ2n) is 3.92. The normalized spacial score (nSPS) is 12.8. The lowest BCUT2D eigenvalue weighted by atomic mass is 10.2. The summed E-state index contributed by atoms with van der Waals surface area (Å²) >= 11 is 0. The number of sulfone groups is 1. The van der Waals surface area contributed by atoms with E-state index in [4.69, 9.17) is 5.73 Å². The zero-order valence-electron chi connectivity index (χ0n) is 8.70. The summed E-state index contributed by atoms with van der Waals surface area (Å²) in [5.74, 6) is -0.459. The molecule has 0 aromatic heterocycles. The Morgan fingerprint density at radius 3 is 2.13 bits per heavy atom. The van der Waals surface area contributed by atoms with E-state index in [2.05, 4.69) is 0 Å². The van der Waals surface area contributed by atoms with Gasteiger partial charge in [0, 0.05) is 6.54 Å². The van der Waals surface area contributed by atoms with Crippen molar-refractivity contribution in [2.75, 3.05) is 6.54 Å². The lowest BCUT2D eigenvalue weighted by molar-refractivity contribution is 0.548. The van der Waals surface area contributed by atoms with Gasteiger partial charge in [0.2, 0.25) is 0 Å². The summed E-state index contributed by atoms with van der Waals surface area (Å²) in [5, 5.41) is 0. The van der Waals surface area contributed by atoms with E-state index >= 15 is 0 Å². The third kappa shape index (κ3) is 2.18. The van der Waals surface area contributed by atoms with Gasteiger partial charge in [0.15, 0.2) is 9.84 Å². The molecule has 0 aliphatic rings. The van der Waals surface area contributed by atoms with E-state index in [-0.39, 0.29) is 11.4 Å². The molecule has 2 N–H and O–H groups in total. The molecule has 0 amide bonds. The zero-order chi connectivity index (χ0) is 11.7. The van der Waals surface area contributed by atoms with Crippen LogP contribution >= 0.6 is 0 Å². The number of hydrogen-bond acceptors (Lipinski definition) is 3. The van der Waals surface area contributed by atoms with Crippen LogP contribution in [0, 0.1) is 5.82 Å². The van der Waals surface area contributed by atoms with Crippen molar-refractivity contribution >= 4 is 9.84 Å². The van der Waals surface area contributed by atoms with E-state index in [1.165, 1.54) is 12.1 Å². The van der Waals surface area contributed by atoms with E-state index in [0.717, 1.165) is 12.1 Å². The number of rotatable bonds is 3. The monoisotopic (exact) mass is 231 g/mol. The molecule has 0 fully saturated rings. The fraction of sp³-hybridized carbons (Fsp3) is 0.400. The molecule has 1 aromatic rings. The maximum Gasteiger partial charge on any atom is 0.184 e. The van der Waals surface area contributed by atoms with Crippen LogP contribution in [0.2, 0.25) is 0 Å². The van der Waals surface area contributed by atoms with Crippen molar-refractivity contribution in [3.8, 4) is 0 Å². The smallest absolute Gasteiger partial charge is 0.184 e. The van der Waals surface area contributed by atoms with Gasteiger partial charge >= 0.3 is 0 Å². The molecule has 5 heteroatoms. The Kier molecular flexibility index (Phi) is 3.16. The van der Waals surface area contributed by atoms with Crippen LogP contribution in [-0.2, 0) is 9.84 Å². The quantitative estimate of drug-likeness (QED) is 0.798. The number of hydrogen-bond donors (Lipinski definition) is 1. The first-order valence-corrected chi connectivity index (χ1v) is 6.00. The largest absolute Gasteiger partial charge is 0.329 e. The Labute approximate surface area is 89.0 Å². The molecule has 0 atom stereocenters. The Bertz CT molecular complexity index is 437. The van der Waals surface area contributed by atoms with E-state index in [1.54, 1.807) is 13.8 Å². The van der Waals surface area contributed by atoms with Crippen LogP contribution in [0.25, 0.3) is 0 Å². The molecular formula is C10H14FNO2S. The molecule has 0 spiro atoms. The van der Waals surface area contributed by atoms with Gasteiger partial charge in [-0.15, -0.1) is 0 Å². The van der Waals surface area contributed by atoms with Gasteiger partial charge in [-0.25, -0.2) is 12.8 Å². The Morgan fingerprint density at radius 2 is 1.73 bits per heavy atom. The summed E-state index contributed by atoms with van der Waals surface area (Å²) < 4.78 is 35.6. The topological polar surface area (TPSA) is 60.2 Å². The predicted molar refractivity (Wildman–Crippen MR) is 56.7 cm³/mol. The summed E-state index contributed by atoms with van der Waals surface area (Å²) in [6.07, 6.45) is 0. The fourth-order valence-electron chi connectivity index (χ4n) is 1.04. The van der Waals surface area contributed by atoms with Crippen LogP contribution < -0.4 is 5.73 Å².